The molecule has 0 aliphatic carbocycles. The van der Waals surface area contributed by atoms with Gasteiger partial charge in [-0.1, -0.05) is 0 Å². The normalized spacial score (nSPS) is 13.2. The lowest BCUT2D eigenvalue weighted by molar-refractivity contribution is -0.135. The Bertz CT molecular complexity index is 539. The number of aliphatic hydroxyl groups is 1. The van der Waals surface area contributed by atoms with E-state index in [1.165, 1.54) is 6.92 Å². The molecule has 19 heavy (non-hydrogen) atoms. The van der Waals surface area contributed by atoms with Gasteiger partial charge in [0.1, 0.15) is 0 Å². The fraction of sp³-hybridized carbons (Fsp3) is 0.667. The van der Waals surface area contributed by atoms with E-state index in [-0.39, 0.29) is 5.56 Å². The molecule has 0 amide bonds. The topological polar surface area (TPSA) is 86.3 Å². The molecule has 0 radical (unpaired) electrons. The lowest BCUT2D eigenvalue weighted by Gasteiger charge is -2.17. The van der Waals surface area contributed by atoms with Gasteiger partial charge in [0.2, 0.25) is 0 Å². The van der Waals surface area contributed by atoms with Crippen LogP contribution in [-0.2, 0) is 16.6 Å². The van der Waals surface area contributed by atoms with Crippen LogP contribution in [0.15, 0.2) is 5.03 Å². The molecule has 1 rings (SSSR count). The van der Waals surface area contributed by atoms with Gasteiger partial charge in [-0.05, 0) is 6.92 Å². The number of H-pyrrole nitrogens is 1. The van der Waals surface area contributed by atoms with E-state index in [0.29, 0.717) is 10.00 Å². The maximum atomic E-state index is 12.1. The fourth-order valence-electron chi connectivity index (χ4n) is 1.38. The van der Waals surface area contributed by atoms with Crippen LogP contribution in [0.1, 0.15) is 17.7 Å². The Morgan fingerprint density at radius 3 is 2.47 bits per heavy atom. The first kappa shape index (κ1) is 15.9. The van der Waals surface area contributed by atoms with Gasteiger partial charge in [-0.15, -0.1) is 0 Å². The highest BCUT2D eigenvalue weighted by atomic mass is 32.2. The van der Waals surface area contributed by atoms with E-state index in [2.05, 4.69) is 10.2 Å². The second-order valence-electron chi connectivity index (χ2n) is 3.98. The summed E-state index contributed by atoms with van der Waals surface area (Å²) in [5.41, 5.74) is 0.407. The third-order valence-electron chi connectivity index (χ3n) is 2.56. The molecule has 0 saturated carbocycles. The number of sulfonamides is 1. The number of aromatic nitrogens is 2. The molecule has 0 unspecified atom stereocenters. The second-order valence-corrected chi connectivity index (χ2v) is 5.94. The summed E-state index contributed by atoms with van der Waals surface area (Å²) in [6.45, 7) is 0.236. The maximum Gasteiger partial charge on any atom is 0.390 e. The summed E-state index contributed by atoms with van der Waals surface area (Å²) >= 11 is 0. The Balaban J connectivity index is 2.97. The number of aryl methyl sites for hydroxylation is 1. The Morgan fingerprint density at radius 1 is 1.42 bits per heavy atom. The predicted molar refractivity (Wildman–Crippen MR) is 59.7 cm³/mol. The number of aliphatic hydroxyl groups excluding tert-OH is 1. The van der Waals surface area contributed by atoms with E-state index < -0.39 is 40.8 Å². The van der Waals surface area contributed by atoms with Crippen LogP contribution in [0.5, 0.6) is 0 Å². The van der Waals surface area contributed by atoms with E-state index >= 15 is 0 Å². The van der Waals surface area contributed by atoms with E-state index in [9.17, 15) is 21.6 Å². The average molecular weight is 301 g/mol. The summed E-state index contributed by atoms with van der Waals surface area (Å²) in [5.74, 6) is 0. The lowest BCUT2D eigenvalue weighted by atomic mass is 10.3. The largest absolute Gasteiger partial charge is 0.392 e. The zero-order valence-electron chi connectivity index (χ0n) is 10.3. The molecule has 1 heterocycles. The molecule has 10 heteroatoms. The van der Waals surface area contributed by atoms with Gasteiger partial charge in [-0.25, -0.2) is 8.42 Å². The van der Waals surface area contributed by atoms with Gasteiger partial charge < -0.3 is 5.11 Å². The molecular weight excluding hydrogens is 287 g/mol. The second kappa shape index (κ2) is 5.47. The smallest absolute Gasteiger partial charge is 0.390 e. The first-order chi connectivity index (χ1) is 8.59. The van der Waals surface area contributed by atoms with Crippen LogP contribution in [0.4, 0.5) is 13.2 Å². The Kier molecular flexibility index (Phi) is 4.59. The maximum absolute atomic E-state index is 12.1. The van der Waals surface area contributed by atoms with Gasteiger partial charge in [0, 0.05) is 24.8 Å². The zero-order valence-corrected chi connectivity index (χ0v) is 11.1. The Morgan fingerprint density at radius 2 is 2.00 bits per heavy atom. The average Bonchev–Trinajstić information content (AvgIpc) is 2.66. The summed E-state index contributed by atoms with van der Waals surface area (Å²) < 4.78 is 60.8. The summed E-state index contributed by atoms with van der Waals surface area (Å²) in [6.07, 6.45) is -5.69. The highest BCUT2D eigenvalue weighted by Gasteiger charge is 2.32. The third-order valence-corrected chi connectivity index (χ3v) is 4.39. The molecule has 0 aliphatic heterocycles. The van der Waals surface area contributed by atoms with Crippen molar-refractivity contribution in [1.29, 1.82) is 0 Å². The van der Waals surface area contributed by atoms with E-state index in [4.69, 9.17) is 5.11 Å². The van der Waals surface area contributed by atoms with E-state index in [0.717, 1.165) is 7.05 Å². The van der Waals surface area contributed by atoms with Gasteiger partial charge in [-0.2, -0.15) is 22.6 Å². The molecule has 110 valence electrons. The minimum Gasteiger partial charge on any atom is -0.392 e. The molecule has 0 aromatic carbocycles. The van der Waals surface area contributed by atoms with Gasteiger partial charge in [0.25, 0.3) is 10.0 Å². The molecule has 6 nitrogen and oxygen atoms in total. The summed E-state index contributed by atoms with van der Waals surface area (Å²) in [5, 5.41) is 14.5. The molecule has 0 atom stereocenters. The molecule has 1 aromatic heterocycles. The van der Waals surface area contributed by atoms with Crippen molar-refractivity contribution < 1.29 is 26.7 Å². The van der Waals surface area contributed by atoms with Crippen molar-refractivity contribution >= 4 is 10.0 Å². The Hall–Kier alpha value is -1.13. The van der Waals surface area contributed by atoms with E-state index in [1.54, 1.807) is 0 Å². The highest BCUT2D eigenvalue weighted by molar-refractivity contribution is 7.89. The number of hydrogen-bond acceptors (Lipinski definition) is 4. The molecule has 0 aliphatic rings. The first-order valence-corrected chi connectivity index (χ1v) is 6.71. The van der Waals surface area contributed by atoms with Gasteiger partial charge >= 0.3 is 6.18 Å². The number of hydrogen-bond donors (Lipinski definition) is 2. The quantitative estimate of drug-likeness (QED) is 0.841. The summed E-state index contributed by atoms with van der Waals surface area (Å²) in [7, 11) is -3.12. The van der Waals surface area contributed by atoms with E-state index in [1.807, 2.05) is 0 Å². The van der Waals surface area contributed by atoms with Crippen LogP contribution in [0.25, 0.3) is 0 Å². The third kappa shape index (κ3) is 3.67. The van der Waals surface area contributed by atoms with Crippen LogP contribution in [-0.4, -0.2) is 47.8 Å². The predicted octanol–water partition coefficient (Wildman–Crippen LogP) is 0.783. The number of rotatable bonds is 5. The highest BCUT2D eigenvalue weighted by Crippen LogP contribution is 2.23. The fourth-order valence-corrected chi connectivity index (χ4v) is 2.70. The van der Waals surface area contributed by atoms with Crippen LogP contribution in [0, 0.1) is 6.92 Å². The van der Waals surface area contributed by atoms with Crippen molar-refractivity contribution in [2.24, 2.45) is 0 Å². The molecule has 0 fully saturated rings. The standard InChI is InChI=1S/C9H14F3N3O3S/c1-6-7(5-16)8(14-13-6)19(17,18)15(2)4-3-9(10,11)12/h16H,3-5H2,1-2H3,(H,13,14). The zero-order chi connectivity index (χ0) is 14.8. The molecule has 2 N–H and O–H groups in total. The number of halogens is 3. The minimum atomic E-state index is -4.44. The van der Waals surface area contributed by atoms with Crippen molar-refractivity contribution in [2.75, 3.05) is 13.6 Å². The van der Waals surface area contributed by atoms with Crippen LogP contribution in [0.2, 0.25) is 0 Å². The number of nitrogens with zero attached hydrogens (tertiary/aromatic N) is 2. The van der Waals surface area contributed by atoms with Gasteiger partial charge in [-0.3, -0.25) is 5.10 Å². The summed E-state index contributed by atoms with van der Waals surface area (Å²) in [4.78, 5) is 0. The molecule has 0 bridgehead atoms. The van der Waals surface area contributed by atoms with Crippen LogP contribution >= 0.6 is 0 Å². The van der Waals surface area contributed by atoms with Gasteiger partial charge in [0.15, 0.2) is 5.03 Å². The number of nitrogens with one attached hydrogen (secondary N) is 1. The SMILES string of the molecule is Cc1[nH]nc(S(=O)(=O)N(C)CCC(F)(F)F)c1CO. The summed E-state index contributed by atoms with van der Waals surface area (Å²) in [6, 6.07) is 0. The molecule has 0 spiro atoms. The Labute approximate surface area is 108 Å². The number of aromatic amines is 1. The van der Waals surface area contributed by atoms with Crippen molar-refractivity contribution in [2.45, 2.75) is 31.2 Å². The van der Waals surface area contributed by atoms with Crippen molar-refractivity contribution in [3.8, 4) is 0 Å². The van der Waals surface area contributed by atoms with Crippen molar-refractivity contribution in [3.05, 3.63) is 11.3 Å². The minimum absolute atomic E-state index is 0.0545. The molecule has 0 saturated heterocycles. The molecule has 1 aromatic rings. The first-order valence-electron chi connectivity index (χ1n) is 5.27. The number of alkyl halides is 3. The van der Waals surface area contributed by atoms with Gasteiger partial charge in [0.05, 0.1) is 13.0 Å². The van der Waals surface area contributed by atoms with Crippen LogP contribution < -0.4 is 0 Å². The van der Waals surface area contributed by atoms with Crippen molar-refractivity contribution in [3.63, 3.8) is 0 Å². The monoisotopic (exact) mass is 301 g/mol. The van der Waals surface area contributed by atoms with Crippen molar-refractivity contribution in [1.82, 2.24) is 14.5 Å². The lowest BCUT2D eigenvalue weighted by Crippen LogP contribution is -2.31. The van der Waals surface area contributed by atoms with Crippen LogP contribution in [0.3, 0.4) is 0 Å². The molecular formula is C9H14F3N3O3S.